The van der Waals surface area contributed by atoms with E-state index in [1.165, 1.54) is 6.33 Å². The normalized spacial score (nSPS) is 12.1. The standard InChI is InChI=1S/C16H17ClN6O/c1-11(7-22-10-18-9-19-22)20-16(24)15-8-23(21-12(15)2)14-5-3-13(17)4-6-14/h3-6,8-11H,7H2,1-2H3,(H,20,24)/t11-/m1/s1. The van der Waals surface area contributed by atoms with Crippen molar-refractivity contribution < 1.29 is 4.79 Å². The third-order valence-electron chi connectivity index (χ3n) is 3.54. The Labute approximate surface area is 144 Å². The van der Waals surface area contributed by atoms with E-state index in [1.54, 1.807) is 34.0 Å². The summed E-state index contributed by atoms with van der Waals surface area (Å²) in [5.74, 6) is -0.166. The van der Waals surface area contributed by atoms with Crippen LogP contribution in [0.5, 0.6) is 0 Å². The van der Waals surface area contributed by atoms with Gasteiger partial charge in [-0.25, -0.2) is 9.67 Å². The molecule has 0 radical (unpaired) electrons. The molecular formula is C16H17ClN6O. The van der Waals surface area contributed by atoms with E-state index >= 15 is 0 Å². The number of aromatic nitrogens is 5. The highest BCUT2D eigenvalue weighted by Gasteiger charge is 2.16. The topological polar surface area (TPSA) is 77.6 Å². The van der Waals surface area contributed by atoms with Gasteiger partial charge in [-0.2, -0.15) is 10.2 Å². The molecule has 0 aliphatic heterocycles. The maximum Gasteiger partial charge on any atom is 0.255 e. The minimum Gasteiger partial charge on any atom is -0.348 e. The molecule has 1 aromatic carbocycles. The van der Waals surface area contributed by atoms with Crippen molar-refractivity contribution in [1.29, 1.82) is 0 Å². The van der Waals surface area contributed by atoms with Gasteiger partial charge in [0.1, 0.15) is 12.7 Å². The van der Waals surface area contributed by atoms with E-state index in [-0.39, 0.29) is 11.9 Å². The van der Waals surface area contributed by atoms with Crippen molar-refractivity contribution in [2.75, 3.05) is 0 Å². The minimum atomic E-state index is -0.166. The molecule has 0 bridgehead atoms. The van der Waals surface area contributed by atoms with Crippen LogP contribution in [0.1, 0.15) is 23.0 Å². The van der Waals surface area contributed by atoms with E-state index in [0.717, 1.165) is 5.69 Å². The minimum absolute atomic E-state index is 0.0857. The molecule has 0 unspecified atom stereocenters. The molecule has 1 N–H and O–H groups in total. The number of halogens is 1. The number of hydrogen-bond acceptors (Lipinski definition) is 4. The van der Waals surface area contributed by atoms with Crippen LogP contribution in [-0.4, -0.2) is 36.5 Å². The summed E-state index contributed by atoms with van der Waals surface area (Å²) >= 11 is 5.90. The molecule has 0 aliphatic rings. The van der Waals surface area contributed by atoms with Crippen molar-refractivity contribution in [3.63, 3.8) is 0 Å². The van der Waals surface area contributed by atoms with Crippen LogP contribution >= 0.6 is 11.6 Å². The van der Waals surface area contributed by atoms with Crippen LogP contribution < -0.4 is 5.32 Å². The molecule has 3 aromatic rings. The molecule has 0 saturated heterocycles. The van der Waals surface area contributed by atoms with Gasteiger partial charge in [0.25, 0.3) is 5.91 Å². The molecule has 1 amide bonds. The lowest BCUT2D eigenvalue weighted by Crippen LogP contribution is -2.36. The first kappa shape index (κ1) is 16.2. The highest BCUT2D eigenvalue weighted by atomic mass is 35.5. The zero-order valence-electron chi connectivity index (χ0n) is 13.3. The van der Waals surface area contributed by atoms with E-state index in [2.05, 4.69) is 20.5 Å². The summed E-state index contributed by atoms with van der Waals surface area (Å²) in [6, 6.07) is 7.19. The summed E-state index contributed by atoms with van der Waals surface area (Å²) in [5, 5.41) is 12.0. The van der Waals surface area contributed by atoms with Gasteiger partial charge in [0.2, 0.25) is 0 Å². The molecule has 1 atom stereocenters. The Balaban J connectivity index is 1.72. The average Bonchev–Trinajstić information content (AvgIpc) is 3.17. The highest BCUT2D eigenvalue weighted by molar-refractivity contribution is 6.30. The fourth-order valence-electron chi connectivity index (χ4n) is 2.36. The predicted octanol–water partition coefficient (Wildman–Crippen LogP) is 2.24. The summed E-state index contributed by atoms with van der Waals surface area (Å²) in [4.78, 5) is 16.4. The molecule has 7 nitrogen and oxygen atoms in total. The van der Waals surface area contributed by atoms with Crippen LogP contribution in [0.2, 0.25) is 5.02 Å². The van der Waals surface area contributed by atoms with Crippen molar-refractivity contribution in [3.05, 3.63) is 59.4 Å². The van der Waals surface area contributed by atoms with Gasteiger partial charge >= 0.3 is 0 Å². The first-order valence-electron chi connectivity index (χ1n) is 7.48. The van der Waals surface area contributed by atoms with E-state index in [9.17, 15) is 4.79 Å². The lowest BCUT2D eigenvalue weighted by atomic mass is 10.2. The Bertz CT molecular complexity index is 825. The lowest BCUT2D eigenvalue weighted by Gasteiger charge is -2.13. The molecule has 0 saturated carbocycles. The molecule has 0 aliphatic carbocycles. The molecular weight excluding hydrogens is 328 g/mol. The van der Waals surface area contributed by atoms with Crippen LogP contribution in [0.15, 0.2) is 43.1 Å². The van der Waals surface area contributed by atoms with Crippen molar-refractivity contribution in [2.24, 2.45) is 0 Å². The second-order valence-corrected chi connectivity index (χ2v) is 5.98. The molecule has 0 fully saturated rings. The Morgan fingerprint density at radius 2 is 2.08 bits per heavy atom. The van der Waals surface area contributed by atoms with Gasteiger partial charge in [0, 0.05) is 17.3 Å². The molecule has 0 spiro atoms. The molecule has 8 heteroatoms. The first-order valence-corrected chi connectivity index (χ1v) is 7.86. The Morgan fingerprint density at radius 3 is 2.75 bits per heavy atom. The zero-order chi connectivity index (χ0) is 17.1. The van der Waals surface area contributed by atoms with Crippen LogP contribution in [0.4, 0.5) is 0 Å². The third-order valence-corrected chi connectivity index (χ3v) is 3.79. The Morgan fingerprint density at radius 1 is 1.33 bits per heavy atom. The fraction of sp³-hybridized carbons (Fsp3) is 0.250. The smallest absolute Gasteiger partial charge is 0.255 e. The van der Waals surface area contributed by atoms with Gasteiger partial charge in [-0.1, -0.05) is 11.6 Å². The van der Waals surface area contributed by atoms with Gasteiger partial charge in [-0.3, -0.25) is 9.48 Å². The number of nitrogens with zero attached hydrogens (tertiary/aromatic N) is 5. The molecule has 2 aromatic heterocycles. The molecule has 2 heterocycles. The number of amides is 1. The lowest BCUT2D eigenvalue weighted by molar-refractivity contribution is 0.0935. The summed E-state index contributed by atoms with van der Waals surface area (Å²) in [6.07, 6.45) is 4.80. The first-order chi connectivity index (χ1) is 11.5. The fourth-order valence-corrected chi connectivity index (χ4v) is 2.49. The van der Waals surface area contributed by atoms with E-state index in [1.807, 2.05) is 26.0 Å². The second kappa shape index (κ2) is 6.84. The second-order valence-electron chi connectivity index (χ2n) is 5.54. The van der Waals surface area contributed by atoms with Gasteiger partial charge in [-0.05, 0) is 38.1 Å². The SMILES string of the molecule is Cc1nn(-c2ccc(Cl)cc2)cc1C(=O)N[C@H](C)Cn1cncn1. The zero-order valence-corrected chi connectivity index (χ0v) is 14.1. The summed E-state index contributed by atoms with van der Waals surface area (Å²) in [6.45, 7) is 4.28. The number of rotatable bonds is 5. The van der Waals surface area contributed by atoms with Crippen LogP contribution in [0.3, 0.4) is 0 Å². The number of carbonyl (C=O) groups is 1. The highest BCUT2D eigenvalue weighted by Crippen LogP contribution is 2.15. The summed E-state index contributed by atoms with van der Waals surface area (Å²) < 4.78 is 3.34. The van der Waals surface area contributed by atoms with Crippen molar-refractivity contribution >= 4 is 17.5 Å². The molecule has 124 valence electrons. The van der Waals surface area contributed by atoms with Crippen molar-refractivity contribution in [1.82, 2.24) is 29.9 Å². The van der Waals surface area contributed by atoms with Crippen LogP contribution in [0.25, 0.3) is 5.69 Å². The largest absolute Gasteiger partial charge is 0.348 e. The monoisotopic (exact) mass is 344 g/mol. The average molecular weight is 345 g/mol. The third kappa shape index (κ3) is 3.62. The number of hydrogen-bond donors (Lipinski definition) is 1. The maximum absolute atomic E-state index is 12.5. The van der Waals surface area contributed by atoms with Gasteiger partial charge < -0.3 is 5.32 Å². The number of benzene rings is 1. The number of aryl methyl sites for hydroxylation is 1. The van der Waals surface area contributed by atoms with Gasteiger partial charge in [-0.15, -0.1) is 0 Å². The number of nitrogens with one attached hydrogen (secondary N) is 1. The maximum atomic E-state index is 12.5. The van der Waals surface area contributed by atoms with Crippen molar-refractivity contribution in [2.45, 2.75) is 26.4 Å². The van der Waals surface area contributed by atoms with Crippen LogP contribution in [0, 0.1) is 6.92 Å². The van der Waals surface area contributed by atoms with Gasteiger partial charge in [0.15, 0.2) is 0 Å². The Kier molecular flexibility index (Phi) is 4.61. The van der Waals surface area contributed by atoms with Crippen LogP contribution in [-0.2, 0) is 6.54 Å². The quantitative estimate of drug-likeness (QED) is 0.770. The van der Waals surface area contributed by atoms with E-state index in [4.69, 9.17) is 11.6 Å². The van der Waals surface area contributed by atoms with E-state index in [0.29, 0.717) is 22.8 Å². The molecule has 3 rings (SSSR count). The number of carbonyl (C=O) groups excluding carboxylic acids is 1. The molecule has 24 heavy (non-hydrogen) atoms. The van der Waals surface area contributed by atoms with E-state index < -0.39 is 0 Å². The van der Waals surface area contributed by atoms with Crippen molar-refractivity contribution in [3.8, 4) is 5.69 Å². The summed E-state index contributed by atoms with van der Waals surface area (Å²) in [5.41, 5.74) is 2.04. The predicted molar refractivity (Wildman–Crippen MR) is 90.3 cm³/mol. The Hall–Kier alpha value is -2.67. The van der Waals surface area contributed by atoms with Gasteiger partial charge in [0.05, 0.1) is 23.5 Å². The summed E-state index contributed by atoms with van der Waals surface area (Å²) in [7, 11) is 0.